The van der Waals surface area contributed by atoms with Crippen molar-refractivity contribution in [2.75, 3.05) is 0 Å². The Labute approximate surface area is 123 Å². The van der Waals surface area contributed by atoms with Crippen LogP contribution in [0.1, 0.15) is 5.56 Å². The molecule has 0 bridgehead atoms. The lowest BCUT2D eigenvalue weighted by molar-refractivity contribution is 1.08. The second-order valence-corrected chi connectivity index (χ2v) is 4.86. The van der Waals surface area contributed by atoms with Gasteiger partial charge in [-0.05, 0) is 42.5 Å². The van der Waals surface area contributed by atoms with Crippen LogP contribution in [-0.2, 0) is 0 Å². The first-order valence-corrected chi connectivity index (χ1v) is 6.72. The van der Waals surface area contributed by atoms with Crippen LogP contribution in [0.4, 0.5) is 5.69 Å². The van der Waals surface area contributed by atoms with Crippen molar-refractivity contribution in [2.24, 2.45) is 4.99 Å². The average Bonchev–Trinajstić information content (AvgIpc) is 2.97. The van der Waals surface area contributed by atoms with Gasteiger partial charge in [-0.1, -0.05) is 29.8 Å². The maximum Gasteiger partial charge on any atom is 0.0630 e. The van der Waals surface area contributed by atoms with Crippen LogP contribution in [0.2, 0.25) is 5.02 Å². The van der Waals surface area contributed by atoms with E-state index < -0.39 is 0 Å². The van der Waals surface area contributed by atoms with Gasteiger partial charge in [0.25, 0.3) is 0 Å². The third-order valence-corrected chi connectivity index (χ3v) is 3.21. The number of rotatable bonds is 3. The molecule has 20 heavy (non-hydrogen) atoms. The molecule has 3 rings (SSSR count). The zero-order chi connectivity index (χ0) is 13.8. The molecule has 0 unspecified atom stereocenters. The molecule has 2 aromatic carbocycles. The van der Waals surface area contributed by atoms with Gasteiger partial charge >= 0.3 is 0 Å². The third kappa shape index (κ3) is 2.98. The Hall–Kier alpha value is -2.32. The van der Waals surface area contributed by atoms with Crippen LogP contribution < -0.4 is 0 Å². The molecule has 0 aliphatic carbocycles. The predicted molar refractivity (Wildman–Crippen MR) is 84.5 cm³/mol. The van der Waals surface area contributed by atoms with Crippen molar-refractivity contribution >= 4 is 23.5 Å². The van der Waals surface area contributed by atoms with E-state index in [0.717, 1.165) is 22.0 Å². The van der Waals surface area contributed by atoms with E-state index in [0.29, 0.717) is 0 Å². The molecule has 0 saturated heterocycles. The fourth-order valence-electron chi connectivity index (χ4n) is 1.93. The smallest absolute Gasteiger partial charge is 0.0630 e. The van der Waals surface area contributed by atoms with E-state index in [-0.39, 0.29) is 0 Å². The van der Waals surface area contributed by atoms with E-state index in [1.54, 1.807) is 0 Å². The Balaban J connectivity index is 1.79. The van der Waals surface area contributed by atoms with Crippen LogP contribution in [0.15, 0.2) is 78.0 Å². The van der Waals surface area contributed by atoms with Crippen LogP contribution in [-0.4, -0.2) is 10.8 Å². The first-order valence-electron chi connectivity index (χ1n) is 6.34. The highest BCUT2D eigenvalue weighted by Crippen LogP contribution is 2.16. The van der Waals surface area contributed by atoms with Gasteiger partial charge < -0.3 is 4.57 Å². The molecule has 0 saturated carbocycles. The van der Waals surface area contributed by atoms with Crippen molar-refractivity contribution in [1.29, 1.82) is 0 Å². The highest BCUT2D eigenvalue weighted by Gasteiger charge is 1.96. The van der Waals surface area contributed by atoms with Gasteiger partial charge in [-0.2, -0.15) is 0 Å². The third-order valence-electron chi connectivity index (χ3n) is 2.96. The van der Waals surface area contributed by atoms with Crippen molar-refractivity contribution in [3.05, 3.63) is 83.6 Å². The number of hydrogen-bond donors (Lipinski definition) is 0. The lowest BCUT2D eigenvalue weighted by Crippen LogP contribution is -1.88. The number of hydrogen-bond acceptors (Lipinski definition) is 1. The summed E-state index contributed by atoms with van der Waals surface area (Å²) in [7, 11) is 0. The number of aliphatic imine (C=N–C) groups is 1. The Morgan fingerprint density at radius 1 is 0.900 bits per heavy atom. The maximum atomic E-state index is 5.84. The molecule has 3 aromatic rings. The first-order chi connectivity index (χ1) is 9.81. The van der Waals surface area contributed by atoms with Gasteiger partial charge in [0.2, 0.25) is 0 Å². The molecule has 0 amide bonds. The zero-order valence-corrected chi connectivity index (χ0v) is 11.5. The van der Waals surface area contributed by atoms with Crippen molar-refractivity contribution < 1.29 is 0 Å². The number of para-hydroxylation sites is 1. The van der Waals surface area contributed by atoms with Gasteiger partial charge in [-0.3, -0.25) is 4.99 Å². The summed E-state index contributed by atoms with van der Waals surface area (Å²) in [6.45, 7) is 0. The molecular formula is C17H13ClN2. The molecule has 1 aromatic heterocycles. The largest absolute Gasteiger partial charge is 0.323 e. The molecule has 0 spiro atoms. The second-order valence-electron chi connectivity index (χ2n) is 4.42. The van der Waals surface area contributed by atoms with Gasteiger partial charge in [0.15, 0.2) is 0 Å². The Bertz CT molecular complexity index is 712. The maximum absolute atomic E-state index is 5.84. The average molecular weight is 281 g/mol. The quantitative estimate of drug-likeness (QED) is 0.608. The van der Waals surface area contributed by atoms with E-state index in [2.05, 4.69) is 27.9 Å². The molecule has 1 heterocycles. The van der Waals surface area contributed by atoms with Gasteiger partial charge in [0.1, 0.15) is 0 Å². The van der Waals surface area contributed by atoms with Crippen LogP contribution in [0.25, 0.3) is 5.69 Å². The van der Waals surface area contributed by atoms with Gasteiger partial charge in [0, 0.05) is 34.9 Å². The molecule has 0 aliphatic heterocycles. The normalized spacial score (nSPS) is 11.1. The van der Waals surface area contributed by atoms with Crippen molar-refractivity contribution in [3.63, 3.8) is 0 Å². The van der Waals surface area contributed by atoms with Crippen LogP contribution in [0.3, 0.4) is 0 Å². The summed E-state index contributed by atoms with van der Waals surface area (Å²) in [5.74, 6) is 0. The minimum absolute atomic E-state index is 0.721. The van der Waals surface area contributed by atoms with Crippen LogP contribution in [0, 0.1) is 0 Å². The SMILES string of the molecule is Clc1ccc(N=Cc2ccn(-c3ccccc3)c2)cc1. The monoisotopic (exact) mass is 280 g/mol. The molecule has 3 heteroatoms. The summed E-state index contributed by atoms with van der Waals surface area (Å²) in [5, 5.41) is 0.721. The van der Waals surface area contributed by atoms with Crippen LogP contribution in [0.5, 0.6) is 0 Å². The van der Waals surface area contributed by atoms with Gasteiger partial charge in [-0.25, -0.2) is 0 Å². The Kier molecular flexibility index (Phi) is 3.66. The lowest BCUT2D eigenvalue weighted by atomic mass is 10.3. The summed E-state index contributed by atoms with van der Waals surface area (Å²) in [6.07, 6.45) is 5.93. The van der Waals surface area contributed by atoms with E-state index in [1.807, 2.05) is 60.9 Å². The van der Waals surface area contributed by atoms with Crippen LogP contribution >= 0.6 is 11.6 Å². The van der Waals surface area contributed by atoms with Crippen molar-refractivity contribution in [1.82, 2.24) is 4.57 Å². The number of benzene rings is 2. The Morgan fingerprint density at radius 3 is 2.40 bits per heavy atom. The number of aromatic nitrogens is 1. The molecule has 98 valence electrons. The highest BCUT2D eigenvalue weighted by molar-refractivity contribution is 6.30. The molecular weight excluding hydrogens is 268 g/mol. The molecule has 0 radical (unpaired) electrons. The molecule has 0 atom stereocenters. The summed E-state index contributed by atoms with van der Waals surface area (Å²) < 4.78 is 2.07. The number of nitrogens with zero attached hydrogens (tertiary/aromatic N) is 2. The lowest BCUT2D eigenvalue weighted by Gasteiger charge is -2.00. The highest BCUT2D eigenvalue weighted by atomic mass is 35.5. The summed E-state index contributed by atoms with van der Waals surface area (Å²) in [4.78, 5) is 4.43. The summed E-state index contributed by atoms with van der Waals surface area (Å²) in [6, 6.07) is 19.7. The van der Waals surface area contributed by atoms with E-state index >= 15 is 0 Å². The first kappa shape index (κ1) is 12.7. The fourth-order valence-corrected chi connectivity index (χ4v) is 2.05. The fraction of sp³-hybridized carbons (Fsp3) is 0. The van der Waals surface area contributed by atoms with Gasteiger partial charge in [-0.15, -0.1) is 0 Å². The molecule has 0 N–H and O–H groups in total. The topological polar surface area (TPSA) is 17.3 Å². The van der Waals surface area contributed by atoms with E-state index in [9.17, 15) is 0 Å². The minimum Gasteiger partial charge on any atom is -0.323 e. The second kappa shape index (κ2) is 5.76. The molecule has 0 aliphatic rings. The number of halogens is 1. The van der Waals surface area contributed by atoms with Crippen molar-refractivity contribution in [3.8, 4) is 5.69 Å². The standard InChI is InChI=1S/C17H13ClN2/c18-15-6-8-16(9-7-15)19-12-14-10-11-20(13-14)17-4-2-1-3-5-17/h1-13H. The summed E-state index contributed by atoms with van der Waals surface area (Å²) >= 11 is 5.84. The predicted octanol–water partition coefficient (Wildman–Crippen LogP) is 4.88. The van der Waals surface area contributed by atoms with Gasteiger partial charge in [0.05, 0.1) is 5.69 Å². The van der Waals surface area contributed by atoms with Crippen molar-refractivity contribution in [2.45, 2.75) is 0 Å². The molecule has 0 fully saturated rings. The van der Waals surface area contributed by atoms with E-state index in [1.165, 1.54) is 0 Å². The summed E-state index contributed by atoms with van der Waals surface area (Å²) in [5.41, 5.74) is 3.09. The van der Waals surface area contributed by atoms with E-state index in [4.69, 9.17) is 11.6 Å². The Morgan fingerprint density at radius 2 is 1.65 bits per heavy atom. The minimum atomic E-state index is 0.721. The molecule has 2 nitrogen and oxygen atoms in total. The zero-order valence-electron chi connectivity index (χ0n) is 10.8.